The van der Waals surface area contributed by atoms with Gasteiger partial charge in [0, 0.05) is 5.41 Å². The summed E-state index contributed by atoms with van der Waals surface area (Å²) in [5.41, 5.74) is -0.273. The van der Waals surface area contributed by atoms with Crippen LogP contribution in [0.5, 0.6) is 0 Å². The molecule has 0 radical (unpaired) electrons. The van der Waals surface area contributed by atoms with E-state index in [0.717, 1.165) is 17.6 Å². The highest BCUT2D eigenvalue weighted by Gasteiger charge is 2.21. The molecule has 3 nitrogen and oxygen atoms in total. The molecule has 0 spiro atoms. The number of nitrogens with one attached hydrogen (secondary N) is 1. The molecule has 1 N–H and O–H groups in total. The summed E-state index contributed by atoms with van der Waals surface area (Å²) in [4.78, 5) is 11.4. The van der Waals surface area contributed by atoms with Gasteiger partial charge in [-0.3, -0.25) is 4.79 Å². The van der Waals surface area contributed by atoms with Gasteiger partial charge in [0.1, 0.15) is 0 Å². The molecule has 1 amide bonds. The standard InChI is InChI=1S/C10H22N2O.ClH/c1-10(2,3)9(13)11-7-8-12(4,5)6;/h7-8H2,1-6H3;1H. The molecule has 0 fully saturated rings. The van der Waals surface area contributed by atoms with Gasteiger partial charge in [-0.15, -0.1) is 0 Å². The van der Waals surface area contributed by atoms with Gasteiger partial charge in [-0.05, 0) is 0 Å². The first-order chi connectivity index (χ1) is 5.63. The molecule has 0 aliphatic heterocycles. The molecule has 0 bridgehead atoms. The van der Waals surface area contributed by atoms with Crippen LogP contribution in [0.2, 0.25) is 0 Å². The van der Waals surface area contributed by atoms with Crippen LogP contribution in [0.1, 0.15) is 20.8 Å². The zero-order valence-electron chi connectivity index (χ0n) is 10.1. The molecular weight excluding hydrogens is 200 g/mol. The van der Waals surface area contributed by atoms with E-state index in [1.54, 1.807) is 0 Å². The Bertz CT molecular complexity index is 180. The van der Waals surface area contributed by atoms with Crippen molar-refractivity contribution < 1.29 is 21.7 Å². The Balaban J connectivity index is 0. The van der Waals surface area contributed by atoms with Gasteiger partial charge in [-0.2, -0.15) is 0 Å². The molecule has 0 aromatic rings. The quantitative estimate of drug-likeness (QED) is 0.543. The highest BCUT2D eigenvalue weighted by molar-refractivity contribution is 5.81. The van der Waals surface area contributed by atoms with Crippen LogP contribution >= 0.6 is 0 Å². The maximum atomic E-state index is 11.4. The highest BCUT2D eigenvalue weighted by Crippen LogP contribution is 2.11. The maximum absolute atomic E-state index is 11.4. The van der Waals surface area contributed by atoms with E-state index < -0.39 is 0 Å². The third-order valence-corrected chi connectivity index (χ3v) is 1.75. The summed E-state index contributed by atoms with van der Waals surface area (Å²) in [6.07, 6.45) is 0. The minimum Gasteiger partial charge on any atom is -1.00 e. The van der Waals surface area contributed by atoms with Gasteiger partial charge >= 0.3 is 0 Å². The number of likely N-dealkylation sites (N-methyl/N-ethyl adjacent to an activating group) is 1. The van der Waals surface area contributed by atoms with Crippen LogP contribution in [-0.2, 0) is 4.79 Å². The van der Waals surface area contributed by atoms with E-state index >= 15 is 0 Å². The molecule has 0 aromatic carbocycles. The number of quaternary nitrogens is 1. The van der Waals surface area contributed by atoms with E-state index in [2.05, 4.69) is 26.5 Å². The highest BCUT2D eigenvalue weighted by atomic mass is 35.5. The fourth-order valence-electron chi connectivity index (χ4n) is 0.770. The van der Waals surface area contributed by atoms with Gasteiger partial charge in [0.25, 0.3) is 0 Å². The van der Waals surface area contributed by atoms with Crippen LogP contribution in [0.25, 0.3) is 0 Å². The van der Waals surface area contributed by atoms with Crippen molar-refractivity contribution in [1.82, 2.24) is 5.32 Å². The first kappa shape index (κ1) is 16.2. The molecule has 14 heavy (non-hydrogen) atoms. The molecular formula is C10H23ClN2O. The molecule has 0 saturated heterocycles. The molecule has 0 aliphatic carbocycles. The number of amides is 1. The Kier molecular flexibility index (Phi) is 6.42. The SMILES string of the molecule is CC(C)(C)C(=O)NCC[N+](C)(C)C.[Cl-]. The molecule has 0 rings (SSSR count). The van der Waals surface area contributed by atoms with E-state index in [1.807, 2.05) is 20.8 Å². The van der Waals surface area contributed by atoms with E-state index in [1.165, 1.54) is 0 Å². The van der Waals surface area contributed by atoms with Gasteiger partial charge in [-0.1, -0.05) is 20.8 Å². The van der Waals surface area contributed by atoms with Crippen LogP contribution in [0, 0.1) is 5.41 Å². The summed E-state index contributed by atoms with van der Waals surface area (Å²) in [5.74, 6) is 0.126. The number of carbonyl (C=O) groups excluding carboxylic acids is 1. The van der Waals surface area contributed by atoms with E-state index in [0.29, 0.717) is 0 Å². The van der Waals surface area contributed by atoms with Crippen LogP contribution in [0.15, 0.2) is 0 Å². The lowest BCUT2D eigenvalue weighted by Gasteiger charge is -2.25. The molecule has 4 heteroatoms. The smallest absolute Gasteiger partial charge is 0.225 e. The summed E-state index contributed by atoms with van der Waals surface area (Å²) < 4.78 is 0.879. The minimum atomic E-state index is -0.273. The third kappa shape index (κ3) is 8.32. The predicted octanol–water partition coefficient (Wildman–Crippen LogP) is -2.14. The average molecular weight is 223 g/mol. The van der Waals surface area contributed by atoms with Crippen LogP contribution in [0.3, 0.4) is 0 Å². The van der Waals surface area contributed by atoms with Crippen molar-refractivity contribution in [3.63, 3.8) is 0 Å². The van der Waals surface area contributed by atoms with Crippen molar-refractivity contribution >= 4 is 5.91 Å². The summed E-state index contributed by atoms with van der Waals surface area (Å²) in [6.45, 7) is 7.48. The predicted molar refractivity (Wildman–Crippen MR) is 55.4 cm³/mol. The average Bonchev–Trinajstić information content (AvgIpc) is 1.82. The number of carbonyl (C=O) groups is 1. The number of hydrogen-bond acceptors (Lipinski definition) is 1. The van der Waals surface area contributed by atoms with Crippen molar-refractivity contribution in [1.29, 1.82) is 0 Å². The lowest BCUT2D eigenvalue weighted by molar-refractivity contribution is -0.869. The fraction of sp³-hybridized carbons (Fsp3) is 0.900. The second-order valence-corrected chi connectivity index (χ2v) is 5.52. The number of hydrogen-bond donors (Lipinski definition) is 1. The molecule has 0 atom stereocenters. The molecule has 0 aromatic heterocycles. The van der Waals surface area contributed by atoms with Crippen molar-refractivity contribution in [2.24, 2.45) is 5.41 Å². The van der Waals surface area contributed by atoms with Gasteiger partial charge in [0.2, 0.25) is 5.91 Å². The van der Waals surface area contributed by atoms with Crippen LogP contribution in [-0.4, -0.2) is 44.6 Å². The maximum Gasteiger partial charge on any atom is 0.225 e. The van der Waals surface area contributed by atoms with Gasteiger partial charge < -0.3 is 22.2 Å². The normalized spacial score (nSPS) is 11.9. The fourth-order valence-corrected chi connectivity index (χ4v) is 0.770. The van der Waals surface area contributed by atoms with Gasteiger partial charge in [0.15, 0.2) is 0 Å². The molecule has 0 aliphatic rings. The molecule has 0 heterocycles. The molecule has 86 valence electrons. The Hall–Kier alpha value is -0.280. The van der Waals surface area contributed by atoms with Crippen molar-refractivity contribution in [3.8, 4) is 0 Å². The van der Waals surface area contributed by atoms with E-state index in [4.69, 9.17) is 0 Å². The summed E-state index contributed by atoms with van der Waals surface area (Å²) in [7, 11) is 6.34. The van der Waals surface area contributed by atoms with Gasteiger partial charge in [-0.25, -0.2) is 0 Å². The Morgan fingerprint density at radius 1 is 1.21 bits per heavy atom. The lowest BCUT2D eigenvalue weighted by atomic mass is 9.96. The first-order valence-corrected chi connectivity index (χ1v) is 4.72. The number of nitrogens with zero attached hydrogens (tertiary/aromatic N) is 1. The Morgan fingerprint density at radius 2 is 1.64 bits per heavy atom. The second kappa shape index (κ2) is 5.56. The Morgan fingerprint density at radius 3 is 1.93 bits per heavy atom. The minimum absolute atomic E-state index is 0. The molecule has 0 saturated carbocycles. The van der Waals surface area contributed by atoms with Crippen molar-refractivity contribution in [3.05, 3.63) is 0 Å². The topological polar surface area (TPSA) is 29.1 Å². The monoisotopic (exact) mass is 222 g/mol. The number of rotatable bonds is 3. The first-order valence-electron chi connectivity index (χ1n) is 4.72. The zero-order valence-corrected chi connectivity index (χ0v) is 10.9. The summed E-state index contributed by atoms with van der Waals surface area (Å²) in [5, 5.41) is 2.92. The van der Waals surface area contributed by atoms with Crippen molar-refractivity contribution in [2.75, 3.05) is 34.2 Å². The third-order valence-electron chi connectivity index (χ3n) is 1.75. The number of halogens is 1. The lowest BCUT2D eigenvalue weighted by Crippen LogP contribution is -3.00. The zero-order chi connectivity index (χ0) is 10.7. The Labute approximate surface area is 93.9 Å². The summed E-state index contributed by atoms with van der Waals surface area (Å²) >= 11 is 0. The summed E-state index contributed by atoms with van der Waals surface area (Å²) in [6, 6.07) is 0. The largest absolute Gasteiger partial charge is 1.00 e. The van der Waals surface area contributed by atoms with Gasteiger partial charge in [0.05, 0.1) is 34.2 Å². The molecule has 0 unspecified atom stereocenters. The van der Waals surface area contributed by atoms with E-state index in [9.17, 15) is 4.79 Å². The second-order valence-electron chi connectivity index (χ2n) is 5.52. The van der Waals surface area contributed by atoms with Crippen LogP contribution in [0.4, 0.5) is 0 Å². The van der Waals surface area contributed by atoms with Crippen molar-refractivity contribution in [2.45, 2.75) is 20.8 Å². The van der Waals surface area contributed by atoms with E-state index in [-0.39, 0.29) is 23.7 Å². The van der Waals surface area contributed by atoms with Crippen LogP contribution < -0.4 is 17.7 Å².